The van der Waals surface area contributed by atoms with Crippen LogP contribution in [0.4, 0.5) is 0 Å². The van der Waals surface area contributed by atoms with E-state index in [-0.39, 0.29) is 24.3 Å². The summed E-state index contributed by atoms with van der Waals surface area (Å²) in [6.45, 7) is 3.15. The molecule has 20 heavy (non-hydrogen) atoms. The van der Waals surface area contributed by atoms with E-state index >= 15 is 0 Å². The lowest BCUT2D eigenvalue weighted by Gasteiger charge is -2.25. The fraction of sp³-hybridized carbons (Fsp3) is 0.467. The molecule has 0 fully saturated rings. The van der Waals surface area contributed by atoms with Gasteiger partial charge in [-0.1, -0.05) is 24.3 Å². The second-order valence-corrected chi connectivity index (χ2v) is 4.75. The summed E-state index contributed by atoms with van der Waals surface area (Å²) >= 11 is 0. The molecule has 0 aliphatic carbocycles. The predicted molar refractivity (Wildman–Crippen MR) is 75.0 cm³/mol. The van der Waals surface area contributed by atoms with Crippen LogP contribution in [-0.4, -0.2) is 31.1 Å². The van der Waals surface area contributed by atoms with Crippen molar-refractivity contribution in [2.24, 2.45) is 0 Å². The van der Waals surface area contributed by atoms with Crippen molar-refractivity contribution in [1.29, 1.82) is 0 Å². The van der Waals surface area contributed by atoms with Crippen LogP contribution in [0.1, 0.15) is 24.5 Å². The van der Waals surface area contributed by atoms with E-state index in [2.05, 4.69) is 22.8 Å². The smallest absolute Gasteiger partial charge is 0.307 e. The summed E-state index contributed by atoms with van der Waals surface area (Å²) in [5.74, 6) is -0.349. The Morgan fingerprint density at radius 2 is 2.10 bits per heavy atom. The zero-order valence-corrected chi connectivity index (χ0v) is 11.6. The third-order valence-corrected chi connectivity index (χ3v) is 3.33. The third kappa shape index (κ3) is 3.81. The zero-order valence-electron chi connectivity index (χ0n) is 11.6. The minimum Gasteiger partial charge on any atom is -0.466 e. The Morgan fingerprint density at radius 3 is 2.85 bits per heavy atom. The SMILES string of the molecule is CCOC(=O)CCNC(=O)C1Cc2ccccc2CN1. The maximum absolute atomic E-state index is 12.0. The quantitative estimate of drug-likeness (QED) is 0.780. The molecule has 108 valence electrons. The summed E-state index contributed by atoms with van der Waals surface area (Å²) in [7, 11) is 0. The number of hydrogen-bond donors (Lipinski definition) is 2. The van der Waals surface area contributed by atoms with Crippen molar-refractivity contribution in [2.75, 3.05) is 13.2 Å². The Balaban J connectivity index is 1.78. The molecule has 1 aromatic carbocycles. The molecule has 1 atom stereocenters. The first-order valence-corrected chi connectivity index (χ1v) is 6.94. The van der Waals surface area contributed by atoms with Gasteiger partial charge in [0.2, 0.25) is 5.91 Å². The number of amides is 1. The summed E-state index contributed by atoms with van der Waals surface area (Å²) in [6, 6.07) is 7.87. The molecule has 0 spiro atoms. The summed E-state index contributed by atoms with van der Waals surface area (Å²) in [5, 5.41) is 5.98. The molecule has 1 aliphatic heterocycles. The highest BCUT2D eigenvalue weighted by atomic mass is 16.5. The molecule has 1 heterocycles. The topological polar surface area (TPSA) is 67.4 Å². The van der Waals surface area contributed by atoms with E-state index in [1.165, 1.54) is 11.1 Å². The Kier molecular flexibility index (Phi) is 5.12. The van der Waals surface area contributed by atoms with Crippen molar-refractivity contribution in [3.05, 3.63) is 35.4 Å². The Morgan fingerprint density at radius 1 is 1.35 bits per heavy atom. The monoisotopic (exact) mass is 276 g/mol. The number of fused-ring (bicyclic) bond motifs is 1. The van der Waals surface area contributed by atoms with E-state index in [1.54, 1.807) is 6.92 Å². The summed E-state index contributed by atoms with van der Waals surface area (Å²) in [5.41, 5.74) is 2.44. The summed E-state index contributed by atoms with van der Waals surface area (Å²) in [4.78, 5) is 23.2. The summed E-state index contributed by atoms with van der Waals surface area (Å²) < 4.78 is 4.81. The van der Waals surface area contributed by atoms with E-state index in [1.807, 2.05) is 12.1 Å². The first-order valence-electron chi connectivity index (χ1n) is 6.94. The first-order chi connectivity index (χ1) is 9.70. The van der Waals surface area contributed by atoms with Gasteiger partial charge in [-0.15, -0.1) is 0 Å². The second kappa shape index (κ2) is 7.05. The minimum atomic E-state index is -0.283. The van der Waals surface area contributed by atoms with Gasteiger partial charge in [-0.2, -0.15) is 0 Å². The Bertz CT molecular complexity index is 488. The molecule has 1 aromatic rings. The molecule has 1 unspecified atom stereocenters. The van der Waals surface area contributed by atoms with Gasteiger partial charge in [0.1, 0.15) is 0 Å². The highest BCUT2D eigenvalue weighted by molar-refractivity contribution is 5.83. The van der Waals surface area contributed by atoms with E-state index in [0.717, 1.165) is 0 Å². The fourth-order valence-corrected chi connectivity index (χ4v) is 2.28. The van der Waals surface area contributed by atoms with Crippen molar-refractivity contribution in [3.63, 3.8) is 0 Å². The third-order valence-electron chi connectivity index (χ3n) is 3.33. The Hall–Kier alpha value is -1.88. The van der Waals surface area contributed by atoms with Gasteiger partial charge in [-0.25, -0.2) is 0 Å². The maximum atomic E-state index is 12.0. The highest BCUT2D eigenvalue weighted by Crippen LogP contribution is 2.16. The van der Waals surface area contributed by atoms with Crippen LogP contribution in [0.25, 0.3) is 0 Å². The largest absolute Gasteiger partial charge is 0.466 e. The lowest BCUT2D eigenvalue weighted by Crippen LogP contribution is -2.48. The number of hydrogen-bond acceptors (Lipinski definition) is 4. The van der Waals surface area contributed by atoms with Crippen LogP contribution in [-0.2, 0) is 27.3 Å². The van der Waals surface area contributed by atoms with E-state index in [9.17, 15) is 9.59 Å². The molecule has 1 amide bonds. The predicted octanol–water partition coefficient (Wildman–Crippen LogP) is 0.770. The van der Waals surface area contributed by atoms with Gasteiger partial charge in [0, 0.05) is 13.1 Å². The van der Waals surface area contributed by atoms with Crippen LogP contribution in [0.3, 0.4) is 0 Å². The number of esters is 1. The lowest BCUT2D eigenvalue weighted by atomic mass is 9.95. The number of ether oxygens (including phenoxy) is 1. The van der Waals surface area contributed by atoms with Gasteiger partial charge < -0.3 is 15.4 Å². The second-order valence-electron chi connectivity index (χ2n) is 4.75. The number of nitrogens with one attached hydrogen (secondary N) is 2. The van der Waals surface area contributed by atoms with Crippen LogP contribution in [0, 0.1) is 0 Å². The van der Waals surface area contributed by atoms with Crippen LogP contribution < -0.4 is 10.6 Å². The molecule has 2 N–H and O–H groups in total. The normalized spacial score (nSPS) is 17.1. The number of rotatable bonds is 5. The van der Waals surface area contributed by atoms with Crippen LogP contribution in [0.5, 0.6) is 0 Å². The van der Waals surface area contributed by atoms with Crippen molar-refractivity contribution in [3.8, 4) is 0 Å². The van der Waals surface area contributed by atoms with Crippen LogP contribution in [0.2, 0.25) is 0 Å². The van der Waals surface area contributed by atoms with Gasteiger partial charge in [0.05, 0.1) is 19.1 Å². The van der Waals surface area contributed by atoms with E-state index in [0.29, 0.717) is 26.1 Å². The average molecular weight is 276 g/mol. The van der Waals surface area contributed by atoms with Crippen molar-refractivity contribution in [1.82, 2.24) is 10.6 Å². The van der Waals surface area contributed by atoms with Crippen molar-refractivity contribution < 1.29 is 14.3 Å². The highest BCUT2D eigenvalue weighted by Gasteiger charge is 2.23. The van der Waals surface area contributed by atoms with E-state index < -0.39 is 0 Å². The van der Waals surface area contributed by atoms with Gasteiger partial charge in [-0.05, 0) is 24.5 Å². The number of carbonyl (C=O) groups excluding carboxylic acids is 2. The number of carbonyl (C=O) groups is 2. The molecule has 0 saturated carbocycles. The molecule has 0 aromatic heterocycles. The molecule has 1 aliphatic rings. The van der Waals surface area contributed by atoms with E-state index in [4.69, 9.17) is 4.74 Å². The standard InChI is InChI=1S/C15H20N2O3/c1-2-20-14(18)7-8-16-15(19)13-9-11-5-3-4-6-12(11)10-17-13/h3-6,13,17H,2,7-10H2,1H3,(H,16,19). The molecule has 0 saturated heterocycles. The number of benzene rings is 1. The molecule has 0 bridgehead atoms. The fourth-order valence-electron chi connectivity index (χ4n) is 2.28. The molecular weight excluding hydrogens is 256 g/mol. The van der Waals surface area contributed by atoms with Gasteiger partial charge >= 0.3 is 5.97 Å². The van der Waals surface area contributed by atoms with Gasteiger partial charge in [-0.3, -0.25) is 9.59 Å². The molecule has 5 heteroatoms. The molecule has 5 nitrogen and oxygen atoms in total. The van der Waals surface area contributed by atoms with Gasteiger partial charge in [0.15, 0.2) is 0 Å². The average Bonchev–Trinajstić information content (AvgIpc) is 2.47. The molecular formula is C15H20N2O3. The molecule has 2 rings (SSSR count). The van der Waals surface area contributed by atoms with Gasteiger partial charge in [0.25, 0.3) is 0 Å². The van der Waals surface area contributed by atoms with Crippen molar-refractivity contribution in [2.45, 2.75) is 32.4 Å². The summed E-state index contributed by atoms with van der Waals surface area (Å²) in [6.07, 6.45) is 0.893. The Labute approximate surface area is 118 Å². The first kappa shape index (κ1) is 14.5. The minimum absolute atomic E-state index is 0.0659. The maximum Gasteiger partial charge on any atom is 0.307 e. The van der Waals surface area contributed by atoms with Crippen LogP contribution in [0.15, 0.2) is 24.3 Å². The zero-order chi connectivity index (χ0) is 14.4. The van der Waals surface area contributed by atoms with Crippen molar-refractivity contribution >= 4 is 11.9 Å². The molecule has 0 radical (unpaired) electrons. The van der Waals surface area contributed by atoms with Crippen LogP contribution >= 0.6 is 0 Å². The lowest BCUT2D eigenvalue weighted by molar-refractivity contribution is -0.143.